The van der Waals surface area contributed by atoms with Gasteiger partial charge in [-0.15, -0.1) is 0 Å². The van der Waals surface area contributed by atoms with Crippen molar-refractivity contribution in [1.82, 2.24) is 4.90 Å². The summed E-state index contributed by atoms with van der Waals surface area (Å²) in [4.78, 5) is 13.8. The summed E-state index contributed by atoms with van der Waals surface area (Å²) in [5.74, 6) is 0.279. The van der Waals surface area contributed by atoms with E-state index in [0.29, 0.717) is 24.5 Å². The lowest BCUT2D eigenvalue weighted by Gasteiger charge is -2.19. The van der Waals surface area contributed by atoms with Crippen molar-refractivity contribution >= 4 is 5.91 Å². The van der Waals surface area contributed by atoms with Crippen LogP contribution in [0.3, 0.4) is 0 Å². The predicted molar refractivity (Wildman–Crippen MR) is 69.3 cm³/mol. The zero-order valence-corrected chi connectivity index (χ0v) is 11.0. The molecule has 1 atom stereocenters. The van der Waals surface area contributed by atoms with Gasteiger partial charge in [-0.05, 0) is 26.0 Å². The van der Waals surface area contributed by atoms with Crippen molar-refractivity contribution in [2.75, 3.05) is 20.2 Å². The van der Waals surface area contributed by atoms with E-state index in [-0.39, 0.29) is 11.8 Å². The number of hydrogen-bond acceptors (Lipinski definition) is 3. The molecule has 1 rings (SSSR count). The van der Waals surface area contributed by atoms with Gasteiger partial charge in [-0.1, -0.05) is 12.1 Å². The summed E-state index contributed by atoms with van der Waals surface area (Å²) in [5, 5.41) is 8.76. The molecule has 4 heteroatoms. The van der Waals surface area contributed by atoms with Gasteiger partial charge in [-0.25, -0.2) is 0 Å². The normalized spacial score (nSPS) is 11.4. The van der Waals surface area contributed by atoms with Gasteiger partial charge in [-0.2, -0.15) is 5.26 Å². The Morgan fingerprint density at radius 1 is 1.50 bits per heavy atom. The number of carbonyl (C=O) groups excluding carboxylic acids is 1. The summed E-state index contributed by atoms with van der Waals surface area (Å²) >= 11 is 0. The van der Waals surface area contributed by atoms with E-state index in [1.54, 1.807) is 37.1 Å². The Balaban J connectivity index is 2.86. The highest BCUT2D eigenvalue weighted by Gasteiger charge is 2.17. The Bertz CT molecular complexity index is 451. The van der Waals surface area contributed by atoms with E-state index in [2.05, 4.69) is 6.07 Å². The van der Waals surface area contributed by atoms with Crippen molar-refractivity contribution in [3.05, 3.63) is 29.8 Å². The first-order valence-corrected chi connectivity index (χ1v) is 5.97. The van der Waals surface area contributed by atoms with Gasteiger partial charge in [0.25, 0.3) is 5.91 Å². The third kappa shape index (κ3) is 3.49. The second-order valence-corrected chi connectivity index (χ2v) is 4.14. The van der Waals surface area contributed by atoms with Crippen LogP contribution in [0.4, 0.5) is 0 Å². The number of rotatable bonds is 5. The summed E-state index contributed by atoms with van der Waals surface area (Å²) in [7, 11) is 1.69. The molecule has 0 aromatic heterocycles. The molecule has 0 N–H and O–H groups in total. The first-order chi connectivity index (χ1) is 8.60. The maximum absolute atomic E-state index is 12.2. The Morgan fingerprint density at radius 3 is 2.78 bits per heavy atom. The van der Waals surface area contributed by atoms with E-state index in [0.717, 1.165) is 0 Å². The van der Waals surface area contributed by atoms with Gasteiger partial charge < -0.3 is 9.64 Å². The first-order valence-electron chi connectivity index (χ1n) is 5.97. The maximum Gasteiger partial charge on any atom is 0.257 e. The maximum atomic E-state index is 12.2. The number of amides is 1. The van der Waals surface area contributed by atoms with Gasteiger partial charge >= 0.3 is 0 Å². The number of hydrogen-bond donors (Lipinski definition) is 0. The van der Waals surface area contributed by atoms with E-state index < -0.39 is 0 Å². The van der Waals surface area contributed by atoms with Gasteiger partial charge in [-0.3, -0.25) is 4.79 Å². The summed E-state index contributed by atoms with van der Waals surface area (Å²) in [6.07, 6.45) is 0. The molecule has 96 valence electrons. The molecule has 0 saturated heterocycles. The van der Waals surface area contributed by atoms with Crippen LogP contribution >= 0.6 is 0 Å². The lowest BCUT2D eigenvalue weighted by atomic mass is 10.1. The third-order valence-electron chi connectivity index (χ3n) is 2.53. The molecule has 18 heavy (non-hydrogen) atoms. The number of nitriles is 1. The molecular formula is C14H18N2O2. The zero-order valence-electron chi connectivity index (χ0n) is 11.0. The zero-order chi connectivity index (χ0) is 13.5. The van der Waals surface area contributed by atoms with Crippen molar-refractivity contribution in [2.45, 2.75) is 13.8 Å². The largest absolute Gasteiger partial charge is 0.493 e. The molecule has 0 saturated carbocycles. The molecule has 1 unspecified atom stereocenters. The Labute approximate surface area is 108 Å². The van der Waals surface area contributed by atoms with Crippen LogP contribution in [0.5, 0.6) is 5.75 Å². The second kappa shape index (κ2) is 6.65. The molecule has 1 aromatic rings. The van der Waals surface area contributed by atoms with Crippen LogP contribution in [0.15, 0.2) is 24.3 Å². The highest BCUT2D eigenvalue weighted by atomic mass is 16.5. The van der Waals surface area contributed by atoms with Gasteiger partial charge in [0.2, 0.25) is 0 Å². The molecule has 0 heterocycles. The lowest BCUT2D eigenvalue weighted by Crippen LogP contribution is -2.31. The van der Waals surface area contributed by atoms with Crippen LogP contribution in [-0.2, 0) is 0 Å². The SMILES string of the molecule is CCOc1ccccc1C(=O)N(C)CC(C)C#N. The van der Waals surface area contributed by atoms with E-state index in [1.165, 1.54) is 0 Å². The Hall–Kier alpha value is -2.02. The van der Waals surface area contributed by atoms with Crippen molar-refractivity contribution in [3.8, 4) is 11.8 Å². The van der Waals surface area contributed by atoms with Crippen LogP contribution in [0.25, 0.3) is 0 Å². The summed E-state index contributed by atoms with van der Waals surface area (Å²) in [5.41, 5.74) is 0.534. The molecule has 0 aliphatic carbocycles. The molecule has 0 radical (unpaired) electrons. The molecule has 0 aliphatic rings. The van der Waals surface area contributed by atoms with E-state index in [1.807, 2.05) is 13.0 Å². The van der Waals surface area contributed by atoms with Crippen LogP contribution in [0, 0.1) is 17.2 Å². The molecule has 4 nitrogen and oxygen atoms in total. The average molecular weight is 246 g/mol. The molecule has 1 aromatic carbocycles. The molecule has 0 fully saturated rings. The fourth-order valence-electron chi connectivity index (χ4n) is 1.66. The second-order valence-electron chi connectivity index (χ2n) is 4.14. The van der Waals surface area contributed by atoms with Crippen LogP contribution in [-0.4, -0.2) is 31.0 Å². The van der Waals surface area contributed by atoms with Crippen molar-refractivity contribution < 1.29 is 9.53 Å². The third-order valence-corrected chi connectivity index (χ3v) is 2.53. The van der Waals surface area contributed by atoms with Crippen LogP contribution in [0.1, 0.15) is 24.2 Å². The molecule has 0 spiro atoms. The van der Waals surface area contributed by atoms with Crippen molar-refractivity contribution in [1.29, 1.82) is 5.26 Å². The monoisotopic (exact) mass is 246 g/mol. The summed E-state index contributed by atoms with van der Waals surface area (Å²) in [6, 6.07) is 9.27. The highest BCUT2D eigenvalue weighted by molar-refractivity contribution is 5.96. The van der Waals surface area contributed by atoms with Gasteiger partial charge in [0.05, 0.1) is 24.2 Å². The molecule has 1 amide bonds. The van der Waals surface area contributed by atoms with Crippen molar-refractivity contribution in [2.24, 2.45) is 5.92 Å². The van der Waals surface area contributed by atoms with Crippen LogP contribution < -0.4 is 4.74 Å². The van der Waals surface area contributed by atoms with Gasteiger partial charge in [0.15, 0.2) is 0 Å². The summed E-state index contributed by atoms with van der Waals surface area (Å²) < 4.78 is 5.43. The Morgan fingerprint density at radius 2 is 2.17 bits per heavy atom. The summed E-state index contributed by atoms with van der Waals surface area (Å²) in [6.45, 7) is 4.60. The minimum Gasteiger partial charge on any atom is -0.493 e. The average Bonchev–Trinajstić information content (AvgIpc) is 2.38. The highest BCUT2D eigenvalue weighted by Crippen LogP contribution is 2.19. The smallest absolute Gasteiger partial charge is 0.257 e. The number of para-hydroxylation sites is 1. The quantitative estimate of drug-likeness (QED) is 0.801. The molecule has 0 aliphatic heterocycles. The number of carbonyl (C=O) groups is 1. The van der Waals surface area contributed by atoms with E-state index >= 15 is 0 Å². The minimum atomic E-state index is -0.182. The lowest BCUT2D eigenvalue weighted by molar-refractivity contribution is 0.0781. The predicted octanol–water partition coefficient (Wildman–Crippen LogP) is 2.32. The van der Waals surface area contributed by atoms with Crippen molar-refractivity contribution in [3.63, 3.8) is 0 Å². The molecule has 0 bridgehead atoms. The first kappa shape index (κ1) is 14.0. The minimum absolute atomic E-state index is 0.124. The van der Waals surface area contributed by atoms with Gasteiger partial charge in [0.1, 0.15) is 5.75 Å². The van der Waals surface area contributed by atoms with Crippen LogP contribution in [0.2, 0.25) is 0 Å². The standard InChI is InChI=1S/C14H18N2O2/c1-4-18-13-8-6-5-7-12(13)14(17)16(3)10-11(2)9-15/h5-8,11H,4,10H2,1-3H3. The Kier molecular flexibility index (Phi) is 5.19. The van der Waals surface area contributed by atoms with Gasteiger partial charge in [0, 0.05) is 13.6 Å². The van der Waals surface area contributed by atoms with E-state index in [4.69, 9.17) is 10.00 Å². The fraction of sp³-hybridized carbons (Fsp3) is 0.429. The van der Waals surface area contributed by atoms with E-state index in [9.17, 15) is 4.79 Å². The topological polar surface area (TPSA) is 53.3 Å². The molecular weight excluding hydrogens is 228 g/mol. The number of ether oxygens (including phenoxy) is 1. The number of nitrogens with zero attached hydrogens (tertiary/aromatic N) is 2. The fourth-order valence-corrected chi connectivity index (χ4v) is 1.66. The number of benzene rings is 1.